The highest BCUT2D eigenvalue weighted by molar-refractivity contribution is 7.99. The Bertz CT molecular complexity index is 452. The van der Waals surface area contributed by atoms with Crippen molar-refractivity contribution in [1.82, 2.24) is 5.32 Å². The summed E-state index contributed by atoms with van der Waals surface area (Å²) in [4.78, 5) is 1.40. The van der Waals surface area contributed by atoms with E-state index in [1.54, 1.807) is 0 Å². The second kappa shape index (κ2) is 4.72. The van der Waals surface area contributed by atoms with Gasteiger partial charge in [-0.3, -0.25) is 0 Å². The van der Waals surface area contributed by atoms with Crippen molar-refractivity contribution in [2.45, 2.75) is 36.2 Å². The fourth-order valence-electron chi connectivity index (χ4n) is 2.87. The topological polar surface area (TPSA) is 35.8 Å². The van der Waals surface area contributed by atoms with Crippen LogP contribution in [0, 0.1) is 17.2 Å². The third kappa shape index (κ3) is 2.08. The molecule has 1 N–H and O–H groups in total. The molecule has 0 bridgehead atoms. The van der Waals surface area contributed by atoms with E-state index in [9.17, 15) is 0 Å². The van der Waals surface area contributed by atoms with Crippen LogP contribution in [0.15, 0.2) is 29.2 Å². The molecule has 0 radical (unpaired) electrons. The number of hydrogen-bond donors (Lipinski definition) is 1. The Morgan fingerprint density at radius 3 is 3.06 bits per heavy atom. The van der Waals surface area contributed by atoms with Crippen LogP contribution in [0.5, 0.6) is 0 Å². The summed E-state index contributed by atoms with van der Waals surface area (Å²) >= 11 is 1.92. The van der Waals surface area contributed by atoms with Gasteiger partial charge in [0.05, 0.1) is 12.0 Å². The Kier molecular flexibility index (Phi) is 3.09. The summed E-state index contributed by atoms with van der Waals surface area (Å²) in [6.07, 6.45) is 3.41. The first-order chi connectivity index (χ1) is 8.38. The van der Waals surface area contributed by atoms with Gasteiger partial charge in [0.1, 0.15) is 0 Å². The quantitative estimate of drug-likeness (QED) is 0.868. The van der Waals surface area contributed by atoms with E-state index in [0.29, 0.717) is 12.1 Å². The number of nitrogens with one attached hydrogen (secondary N) is 1. The highest BCUT2D eigenvalue weighted by atomic mass is 32.2. The lowest BCUT2D eigenvalue weighted by molar-refractivity contribution is 0.421. The van der Waals surface area contributed by atoms with Crippen LogP contribution in [0.25, 0.3) is 0 Å². The van der Waals surface area contributed by atoms with Crippen LogP contribution in [0.4, 0.5) is 0 Å². The van der Waals surface area contributed by atoms with Crippen LogP contribution in [-0.2, 0) is 0 Å². The van der Waals surface area contributed by atoms with Crippen LogP contribution in [0.1, 0.15) is 30.9 Å². The molecule has 1 aliphatic heterocycles. The molecule has 3 heteroatoms. The van der Waals surface area contributed by atoms with Gasteiger partial charge in [0.25, 0.3) is 0 Å². The minimum Gasteiger partial charge on any atom is -0.305 e. The van der Waals surface area contributed by atoms with Gasteiger partial charge in [0.15, 0.2) is 0 Å². The number of thioether (sulfide) groups is 1. The Morgan fingerprint density at radius 1 is 1.29 bits per heavy atom. The zero-order valence-electron chi connectivity index (χ0n) is 9.73. The van der Waals surface area contributed by atoms with Gasteiger partial charge in [-0.1, -0.05) is 24.6 Å². The molecule has 3 atom stereocenters. The standard InChI is InChI=1S/C14H16N2S/c15-8-10-4-3-6-12(10)16-13-9-17-14-7-2-1-5-11(13)14/h1-2,5,7,10,12-13,16H,3-4,6,9H2. The van der Waals surface area contributed by atoms with Gasteiger partial charge < -0.3 is 5.32 Å². The molecule has 3 unspecified atom stereocenters. The molecule has 17 heavy (non-hydrogen) atoms. The first-order valence-corrected chi connectivity index (χ1v) is 7.24. The number of nitriles is 1. The van der Waals surface area contributed by atoms with Gasteiger partial charge in [-0.25, -0.2) is 0 Å². The van der Waals surface area contributed by atoms with Crippen molar-refractivity contribution in [1.29, 1.82) is 5.26 Å². The molecule has 1 aromatic carbocycles. The minimum atomic E-state index is 0.216. The highest BCUT2D eigenvalue weighted by Crippen LogP contribution is 2.39. The molecule has 1 aromatic rings. The van der Waals surface area contributed by atoms with Crippen molar-refractivity contribution in [3.05, 3.63) is 29.8 Å². The summed E-state index contributed by atoms with van der Waals surface area (Å²) in [5.74, 6) is 1.32. The monoisotopic (exact) mass is 244 g/mol. The number of rotatable bonds is 2. The van der Waals surface area contributed by atoms with Crippen LogP contribution < -0.4 is 5.32 Å². The largest absolute Gasteiger partial charge is 0.305 e. The lowest BCUT2D eigenvalue weighted by Gasteiger charge is -2.21. The first kappa shape index (κ1) is 11.1. The predicted octanol–water partition coefficient (Wildman–Crippen LogP) is 3.12. The molecule has 1 heterocycles. The van der Waals surface area contributed by atoms with E-state index in [2.05, 4.69) is 35.7 Å². The van der Waals surface area contributed by atoms with Crippen molar-refractivity contribution in [3.8, 4) is 6.07 Å². The number of benzene rings is 1. The Balaban J connectivity index is 1.73. The van der Waals surface area contributed by atoms with Crippen LogP contribution in [0.3, 0.4) is 0 Å². The number of hydrogen-bond acceptors (Lipinski definition) is 3. The second-order valence-corrected chi connectivity index (χ2v) is 5.90. The van der Waals surface area contributed by atoms with Gasteiger partial charge >= 0.3 is 0 Å². The summed E-state index contributed by atoms with van der Waals surface area (Å²) in [6.45, 7) is 0. The van der Waals surface area contributed by atoms with Crippen molar-refractivity contribution in [3.63, 3.8) is 0 Å². The average Bonchev–Trinajstić information content (AvgIpc) is 2.97. The Labute approximate surface area is 106 Å². The lowest BCUT2D eigenvalue weighted by atomic mass is 10.0. The molecule has 1 aliphatic carbocycles. The normalized spacial score (nSPS) is 31.1. The van der Waals surface area contributed by atoms with Crippen molar-refractivity contribution < 1.29 is 0 Å². The van der Waals surface area contributed by atoms with Gasteiger partial charge in [-0.2, -0.15) is 5.26 Å². The summed E-state index contributed by atoms with van der Waals surface area (Å²) < 4.78 is 0. The third-order valence-electron chi connectivity index (χ3n) is 3.80. The maximum atomic E-state index is 9.11. The summed E-state index contributed by atoms with van der Waals surface area (Å²) in [5.41, 5.74) is 1.42. The SMILES string of the molecule is N#CC1CCCC1NC1CSc2ccccc21. The molecule has 0 saturated heterocycles. The van der Waals surface area contributed by atoms with E-state index in [1.807, 2.05) is 11.8 Å². The zero-order chi connectivity index (χ0) is 11.7. The molecule has 2 aliphatic rings. The highest BCUT2D eigenvalue weighted by Gasteiger charge is 2.31. The predicted molar refractivity (Wildman–Crippen MR) is 69.8 cm³/mol. The molecule has 3 rings (SSSR count). The van der Waals surface area contributed by atoms with Crippen LogP contribution >= 0.6 is 11.8 Å². The van der Waals surface area contributed by atoms with Gasteiger partial charge in [-0.05, 0) is 24.5 Å². The number of nitrogens with zero attached hydrogens (tertiary/aromatic N) is 1. The molecule has 0 aromatic heterocycles. The Hall–Kier alpha value is -0.980. The van der Waals surface area contributed by atoms with E-state index in [1.165, 1.54) is 16.9 Å². The van der Waals surface area contributed by atoms with Crippen molar-refractivity contribution in [2.24, 2.45) is 5.92 Å². The van der Waals surface area contributed by atoms with Crippen LogP contribution in [-0.4, -0.2) is 11.8 Å². The van der Waals surface area contributed by atoms with Gasteiger partial charge in [0.2, 0.25) is 0 Å². The van der Waals surface area contributed by atoms with Gasteiger partial charge in [-0.15, -0.1) is 11.8 Å². The molecule has 88 valence electrons. The van der Waals surface area contributed by atoms with Crippen molar-refractivity contribution >= 4 is 11.8 Å². The fraction of sp³-hybridized carbons (Fsp3) is 0.500. The van der Waals surface area contributed by atoms with E-state index < -0.39 is 0 Å². The molecule has 0 amide bonds. The Morgan fingerprint density at radius 2 is 2.18 bits per heavy atom. The maximum Gasteiger partial charge on any atom is 0.0672 e. The van der Waals surface area contributed by atoms with E-state index in [0.717, 1.165) is 18.6 Å². The minimum absolute atomic E-state index is 0.216. The van der Waals surface area contributed by atoms with E-state index >= 15 is 0 Å². The third-order valence-corrected chi connectivity index (χ3v) is 4.98. The average molecular weight is 244 g/mol. The number of fused-ring (bicyclic) bond motifs is 1. The fourth-order valence-corrected chi connectivity index (χ4v) is 4.05. The second-order valence-electron chi connectivity index (χ2n) is 4.84. The first-order valence-electron chi connectivity index (χ1n) is 6.26. The molecule has 2 nitrogen and oxygen atoms in total. The summed E-state index contributed by atoms with van der Waals surface area (Å²) in [7, 11) is 0. The smallest absolute Gasteiger partial charge is 0.0672 e. The zero-order valence-corrected chi connectivity index (χ0v) is 10.5. The molecule has 0 spiro atoms. The van der Waals surface area contributed by atoms with Crippen molar-refractivity contribution in [2.75, 3.05) is 5.75 Å². The molecule has 1 fully saturated rings. The van der Waals surface area contributed by atoms with E-state index in [-0.39, 0.29) is 5.92 Å². The van der Waals surface area contributed by atoms with E-state index in [4.69, 9.17) is 5.26 Å². The summed E-state index contributed by atoms with van der Waals surface area (Å²) in [5, 5.41) is 12.8. The van der Waals surface area contributed by atoms with Gasteiger partial charge in [0, 0.05) is 22.7 Å². The summed E-state index contributed by atoms with van der Waals surface area (Å²) in [6, 6.07) is 11.9. The maximum absolute atomic E-state index is 9.11. The van der Waals surface area contributed by atoms with Crippen LogP contribution in [0.2, 0.25) is 0 Å². The molecular weight excluding hydrogens is 228 g/mol. The molecular formula is C14H16N2S. The lowest BCUT2D eigenvalue weighted by Crippen LogP contribution is -2.35. The molecule has 1 saturated carbocycles.